The van der Waals surface area contributed by atoms with Crippen molar-refractivity contribution in [3.8, 4) is 0 Å². The number of benzene rings is 2. The third kappa shape index (κ3) is 2.93. The van der Waals surface area contributed by atoms with Crippen LogP contribution in [0.25, 0.3) is 5.57 Å². The predicted octanol–water partition coefficient (Wildman–Crippen LogP) is 5.28. The number of fused-ring (bicyclic) bond motifs is 1. The van der Waals surface area contributed by atoms with Gasteiger partial charge in [-0.2, -0.15) is 0 Å². The van der Waals surface area contributed by atoms with Gasteiger partial charge in [-0.3, -0.25) is 0 Å². The number of piperidine rings is 2. The van der Waals surface area contributed by atoms with E-state index in [1.807, 2.05) is 0 Å². The van der Waals surface area contributed by atoms with Crippen molar-refractivity contribution in [2.24, 2.45) is 0 Å². The maximum atomic E-state index is 2.50. The summed E-state index contributed by atoms with van der Waals surface area (Å²) in [4.78, 5) is 0. The highest BCUT2D eigenvalue weighted by Crippen LogP contribution is 2.38. The first-order chi connectivity index (χ1) is 11.8. The average Bonchev–Trinajstić information content (AvgIpc) is 2.63. The minimum atomic E-state index is 0.885. The molecule has 0 radical (unpaired) electrons. The van der Waals surface area contributed by atoms with Gasteiger partial charge >= 0.3 is 0 Å². The highest BCUT2D eigenvalue weighted by Gasteiger charge is 2.40. The quantitative estimate of drug-likeness (QED) is 0.661. The molecule has 1 nitrogen and oxygen atoms in total. The van der Waals surface area contributed by atoms with E-state index in [2.05, 4.69) is 67.7 Å². The molecule has 24 heavy (non-hydrogen) atoms. The van der Waals surface area contributed by atoms with Crippen LogP contribution in [0.5, 0.6) is 0 Å². The lowest BCUT2D eigenvalue weighted by molar-refractivity contribution is -0.937. The topological polar surface area (TPSA) is 0 Å². The van der Waals surface area contributed by atoms with Crippen molar-refractivity contribution >= 4 is 5.57 Å². The van der Waals surface area contributed by atoms with E-state index in [1.54, 1.807) is 5.57 Å². The molecule has 0 amide bonds. The van der Waals surface area contributed by atoms with E-state index in [0.29, 0.717) is 0 Å². The second kappa shape index (κ2) is 6.57. The molecule has 2 fully saturated rings. The highest BCUT2D eigenvalue weighted by molar-refractivity contribution is 5.82. The average molecular weight is 318 g/mol. The third-order valence-corrected chi connectivity index (χ3v) is 6.15. The molecule has 2 aromatic carbocycles. The lowest BCUT2D eigenvalue weighted by atomic mass is 9.83. The fraction of sp³-hybridized carbons (Fsp3) is 0.391. The van der Waals surface area contributed by atoms with Crippen molar-refractivity contribution in [1.29, 1.82) is 0 Å². The third-order valence-electron chi connectivity index (χ3n) is 6.15. The summed E-state index contributed by atoms with van der Waals surface area (Å²) < 4.78 is 1.26. The Bertz CT molecular complexity index is 675. The SMILES string of the molecule is C[N@+]12CCCC[C@@H]1CCC(=C(c1ccccc1)c1ccccc1)C2. The molecular formula is C23H28N+. The lowest BCUT2D eigenvalue weighted by Gasteiger charge is -2.49. The number of hydrogen-bond acceptors (Lipinski definition) is 0. The minimum Gasteiger partial charge on any atom is -0.320 e. The highest BCUT2D eigenvalue weighted by atomic mass is 15.4. The van der Waals surface area contributed by atoms with Crippen LogP contribution in [0.4, 0.5) is 0 Å². The van der Waals surface area contributed by atoms with Crippen LogP contribution in [0.3, 0.4) is 0 Å². The molecule has 0 saturated carbocycles. The van der Waals surface area contributed by atoms with Gasteiger partial charge in [-0.05, 0) is 48.0 Å². The molecule has 0 unspecified atom stereocenters. The van der Waals surface area contributed by atoms with Crippen molar-refractivity contribution in [2.75, 3.05) is 20.1 Å². The lowest BCUT2D eigenvalue weighted by Crippen LogP contribution is -2.58. The van der Waals surface area contributed by atoms with Crippen LogP contribution in [-0.4, -0.2) is 30.7 Å². The van der Waals surface area contributed by atoms with Crippen LogP contribution in [0.15, 0.2) is 66.2 Å². The molecular weight excluding hydrogens is 290 g/mol. The van der Waals surface area contributed by atoms with E-state index in [1.165, 1.54) is 66.4 Å². The van der Waals surface area contributed by atoms with Crippen molar-refractivity contribution in [1.82, 2.24) is 0 Å². The smallest absolute Gasteiger partial charge is 0.101 e. The second-order valence-electron chi connectivity index (χ2n) is 7.76. The Kier molecular flexibility index (Phi) is 4.28. The van der Waals surface area contributed by atoms with Gasteiger partial charge in [0.2, 0.25) is 0 Å². The van der Waals surface area contributed by atoms with Gasteiger partial charge in [0.1, 0.15) is 6.54 Å². The van der Waals surface area contributed by atoms with Crippen LogP contribution >= 0.6 is 0 Å². The maximum absolute atomic E-state index is 2.50. The Morgan fingerprint density at radius 1 is 0.833 bits per heavy atom. The maximum Gasteiger partial charge on any atom is 0.101 e. The molecule has 2 aliphatic heterocycles. The minimum absolute atomic E-state index is 0.885. The second-order valence-corrected chi connectivity index (χ2v) is 7.76. The molecule has 2 atom stereocenters. The normalized spacial score (nSPS) is 26.7. The Labute approximate surface area is 146 Å². The number of nitrogens with zero attached hydrogens (tertiary/aromatic N) is 1. The van der Waals surface area contributed by atoms with Gasteiger partial charge in [0.05, 0.1) is 19.6 Å². The van der Waals surface area contributed by atoms with Crippen molar-refractivity contribution in [2.45, 2.75) is 38.1 Å². The van der Waals surface area contributed by atoms with E-state index in [-0.39, 0.29) is 0 Å². The predicted molar refractivity (Wildman–Crippen MR) is 102 cm³/mol. The fourth-order valence-electron chi connectivity index (χ4n) is 4.86. The Morgan fingerprint density at radius 2 is 1.46 bits per heavy atom. The van der Waals surface area contributed by atoms with Crippen molar-refractivity contribution in [3.63, 3.8) is 0 Å². The summed E-state index contributed by atoms with van der Waals surface area (Å²) in [6, 6.07) is 22.9. The first-order valence-electron chi connectivity index (χ1n) is 9.43. The van der Waals surface area contributed by atoms with Crippen molar-refractivity contribution < 1.29 is 4.48 Å². The molecule has 2 aliphatic rings. The number of rotatable bonds is 2. The van der Waals surface area contributed by atoms with Gasteiger partial charge in [0.25, 0.3) is 0 Å². The summed E-state index contributed by atoms with van der Waals surface area (Å²) in [5, 5.41) is 0. The van der Waals surface area contributed by atoms with Crippen LogP contribution in [-0.2, 0) is 0 Å². The number of quaternary nitrogens is 1. The molecule has 2 aromatic rings. The molecule has 2 heterocycles. The standard InChI is InChI=1S/C23H28N/c1-24-17-9-8-14-22(24)16-15-21(18-24)23(19-10-4-2-5-11-19)20-12-6-3-7-13-20/h2-7,10-13,22H,8-9,14-18H2,1H3/q+1/t22-,24-/m1/s1. The van der Waals surface area contributed by atoms with Crippen molar-refractivity contribution in [3.05, 3.63) is 77.4 Å². The number of hydrogen-bond donors (Lipinski definition) is 0. The van der Waals surface area contributed by atoms with E-state index in [0.717, 1.165) is 6.04 Å². The summed E-state index contributed by atoms with van der Waals surface area (Å²) >= 11 is 0. The Balaban J connectivity index is 1.79. The molecule has 2 saturated heterocycles. The van der Waals surface area contributed by atoms with Crippen LogP contribution < -0.4 is 0 Å². The zero-order chi connectivity index (χ0) is 16.4. The summed E-state index contributed by atoms with van der Waals surface area (Å²) in [6.45, 7) is 2.58. The molecule has 124 valence electrons. The zero-order valence-electron chi connectivity index (χ0n) is 14.7. The van der Waals surface area contributed by atoms with Crippen LogP contribution in [0, 0.1) is 0 Å². The van der Waals surface area contributed by atoms with Gasteiger partial charge in [-0.25, -0.2) is 0 Å². The van der Waals surface area contributed by atoms with Gasteiger partial charge in [-0.1, -0.05) is 60.7 Å². The van der Waals surface area contributed by atoms with Crippen LogP contribution in [0.1, 0.15) is 43.2 Å². The molecule has 0 aromatic heterocycles. The van der Waals surface area contributed by atoms with Crippen LogP contribution in [0.2, 0.25) is 0 Å². The van der Waals surface area contributed by atoms with Gasteiger partial charge in [0, 0.05) is 6.42 Å². The fourth-order valence-corrected chi connectivity index (χ4v) is 4.86. The molecule has 0 bridgehead atoms. The zero-order valence-corrected chi connectivity index (χ0v) is 14.7. The van der Waals surface area contributed by atoms with Gasteiger partial charge < -0.3 is 4.48 Å². The van der Waals surface area contributed by atoms with Gasteiger partial charge in [0.15, 0.2) is 0 Å². The monoisotopic (exact) mass is 318 g/mol. The summed E-state index contributed by atoms with van der Waals surface area (Å²) in [6.07, 6.45) is 6.87. The first kappa shape index (κ1) is 15.7. The van der Waals surface area contributed by atoms with E-state index in [4.69, 9.17) is 0 Å². The van der Waals surface area contributed by atoms with E-state index in [9.17, 15) is 0 Å². The summed E-state index contributed by atoms with van der Waals surface area (Å²) in [7, 11) is 2.50. The van der Waals surface area contributed by atoms with E-state index >= 15 is 0 Å². The summed E-state index contributed by atoms with van der Waals surface area (Å²) in [5.41, 5.74) is 5.90. The molecule has 0 spiro atoms. The summed E-state index contributed by atoms with van der Waals surface area (Å²) in [5.74, 6) is 0. The molecule has 0 N–H and O–H groups in total. The molecule has 0 aliphatic carbocycles. The Hall–Kier alpha value is -1.86. The largest absolute Gasteiger partial charge is 0.320 e. The Morgan fingerprint density at radius 3 is 2.08 bits per heavy atom. The number of likely N-dealkylation sites (N-methyl/N-ethyl adjacent to an activating group) is 1. The first-order valence-corrected chi connectivity index (χ1v) is 9.43. The van der Waals surface area contributed by atoms with Gasteiger partial charge in [-0.15, -0.1) is 0 Å². The molecule has 1 heteroatoms. The van der Waals surface area contributed by atoms with E-state index < -0.39 is 0 Å². The molecule has 4 rings (SSSR count).